The molecule has 0 aliphatic heterocycles. The number of esters is 1. The number of hydrogen-bond donors (Lipinski definition) is 1. The van der Waals surface area contributed by atoms with Gasteiger partial charge in [-0.15, -0.1) is 0 Å². The van der Waals surface area contributed by atoms with Crippen LogP contribution >= 0.6 is 0 Å². The zero-order chi connectivity index (χ0) is 18.8. The molecular formula is C17H17N5O4. The summed E-state index contributed by atoms with van der Waals surface area (Å²) in [5.41, 5.74) is 6.16. The third-order valence-corrected chi connectivity index (χ3v) is 4.03. The lowest BCUT2D eigenvalue weighted by molar-refractivity contribution is -0.142. The van der Waals surface area contributed by atoms with Gasteiger partial charge in [0.25, 0.3) is 5.56 Å². The summed E-state index contributed by atoms with van der Waals surface area (Å²) >= 11 is 0. The van der Waals surface area contributed by atoms with E-state index in [1.54, 1.807) is 31.3 Å². The van der Waals surface area contributed by atoms with Gasteiger partial charge < -0.3 is 10.5 Å². The Hall–Kier alpha value is -3.33. The summed E-state index contributed by atoms with van der Waals surface area (Å²) in [5.74, 6) is -0.540. The molecule has 3 rings (SSSR count). The van der Waals surface area contributed by atoms with Crippen molar-refractivity contribution in [2.24, 2.45) is 12.8 Å². The zero-order valence-corrected chi connectivity index (χ0v) is 14.2. The monoisotopic (exact) mass is 355 g/mol. The van der Waals surface area contributed by atoms with E-state index in [0.717, 1.165) is 4.57 Å². The van der Waals surface area contributed by atoms with Crippen molar-refractivity contribution in [1.29, 1.82) is 0 Å². The first-order valence-electron chi connectivity index (χ1n) is 7.79. The maximum Gasteiger partial charge on any atom is 0.336 e. The Morgan fingerprint density at radius 1 is 1.27 bits per heavy atom. The second-order valence-electron chi connectivity index (χ2n) is 5.69. The lowest BCUT2D eigenvalue weighted by Crippen LogP contribution is -2.38. The number of carbonyl (C=O) groups is 1. The van der Waals surface area contributed by atoms with Gasteiger partial charge in [0, 0.05) is 25.4 Å². The van der Waals surface area contributed by atoms with Crippen LogP contribution in [-0.4, -0.2) is 38.2 Å². The van der Waals surface area contributed by atoms with Gasteiger partial charge in [0.2, 0.25) is 0 Å². The van der Waals surface area contributed by atoms with E-state index in [-0.39, 0.29) is 11.9 Å². The average molecular weight is 355 g/mol. The van der Waals surface area contributed by atoms with Crippen LogP contribution < -0.4 is 17.0 Å². The summed E-state index contributed by atoms with van der Waals surface area (Å²) < 4.78 is 6.93. The Morgan fingerprint density at radius 2 is 2.04 bits per heavy atom. The molecule has 0 fully saturated rings. The maximum atomic E-state index is 12.7. The molecule has 0 aliphatic carbocycles. The highest BCUT2D eigenvalue weighted by Crippen LogP contribution is 2.08. The molecule has 0 bridgehead atoms. The Morgan fingerprint density at radius 3 is 2.69 bits per heavy atom. The number of aromatic nitrogens is 4. The van der Waals surface area contributed by atoms with Gasteiger partial charge in [-0.25, -0.2) is 14.3 Å². The van der Waals surface area contributed by atoms with E-state index in [2.05, 4.69) is 14.7 Å². The number of nitrogens with zero attached hydrogens (tertiary/aromatic N) is 4. The summed E-state index contributed by atoms with van der Waals surface area (Å²) in [6.45, 7) is 0. The summed E-state index contributed by atoms with van der Waals surface area (Å²) in [6, 6.07) is 5.66. The predicted molar refractivity (Wildman–Crippen MR) is 94.1 cm³/mol. The normalized spacial score (nSPS) is 12.1. The molecule has 26 heavy (non-hydrogen) atoms. The Kier molecular flexibility index (Phi) is 4.63. The topological polar surface area (TPSA) is 122 Å². The molecule has 134 valence electrons. The van der Waals surface area contributed by atoms with E-state index < -0.39 is 23.3 Å². The fraction of sp³-hybridized carbons (Fsp3) is 0.235. The van der Waals surface area contributed by atoms with Gasteiger partial charge in [0.15, 0.2) is 5.52 Å². The molecule has 9 heteroatoms. The molecule has 3 aromatic heterocycles. The molecule has 2 N–H and O–H groups in total. The van der Waals surface area contributed by atoms with Crippen molar-refractivity contribution < 1.29 is 9.53 Å². The summed E-state index contributed by atoms with van der Waals surface area (Å²) in [4.78, 5) is 44.9. The molecule has 0 unspecified atom stereocenters. The summed E-state index contributed by atoms with van der Waals surface area (Å²) in [7, 11) is 2.83. The maximum absolute atomic E-state index is 12.7. The van der Waals surface area contributed by atoms with Crippen LogP contribution in [0.2, 0.25) is 0 Å². The predicted octanol–water partition coefficient (Wildman–Crippen LogP) is -0.478. The quantitative estimate of drug-likeness (QED) is 0.627. The lowest BCUT2D eigenvalue weighted by atomic mass is 10.1. The van der Waals surface area contributed by atoms with E-state index in [4.69, 9.17) is 5.73 Å². The van der Waals surface area contributed by atoms with E-state index >= 15 is 0 Å². The number of rotatable bonds is 4. The third kappa shape index (κ3) is 3.00. The minimum atomic E-state index is -0.834. The van der Waals surface area contributed by atoms with Crippen molar-refractivity contribution in [1.82, 2.24) is 19.1 Å². The second kappa shape index (κ2) is 6.89. The van der Waals surface area contributed by atoms with Crippen molar-refractivity contribution in [2.75, 3.05) is 7.11 Å². The van der Waals surface area contributed by atoms with E-state index in [1.165, 1.54) is 24.1 Å². The molecule has 0 aliphatic rings. The first-order chi connectivity index (χ1) is 12.4. The van der Waals surface area contributed by atoms with Crippen LogP contribution in [0.25, 0.3) is 16.7 Å². The third-order valence-electron chi connectivity index (χ3n) is 4.03. The number of ether oxygens (including phenoxy) is 1. The number of fused-ring (bicyclic) bond motifs is 1. The number of pyridine rings is 2. The SMILES string of the molecule is COC(=O)[C@@H](N)Cc1ccc(-n2c(=O)c3ncccc3n(C)c2=O)cn1. The minimum absolute atomic E-state index is 0.180. The van der Waals surface area contributed by atoms with Gasteiger partial charge in [-0.05, 0) is 24.3 Å². The molecule has 0 aromatic carbocycles. The van der Waals surface area contributed by atoms with Crippen molar-refractivity contribution in [3.05, 3.63) is 63.2 Å². The highest BCUT2D eigenvalue weighted by Gasteiger charge is 2.16. The number of methoxy groups -OCH3 is 1. The average Bonchev–Trinajstić information content (AvgIpc) is 2.67. The van der Waals surface area contributed by atoms with Crippen LogP contribution in [0, 0.1) is 0 Å². The second-order valence-corrected chi connectivity index (χ2v) is 5.69. The highest BCUT2D eigenvalue weighted by molar-refractivity contribution is 5.75. The first-order valence-corrected chi connectivity index (χ1v) is 7.79. The number of nitrogens with two attached hydrogens (primary N) is 1. The van der Waals surface area contributed by atoms with Crippen LogP contribution in [0.3, 0.4) is 0 Å². The number of aryl methyl sites for hydroxylation is 1. The molecule has 0 radical (unpaired) electrons. The molecule has 9 nitrogen and oxygen atoms in total. The minimum Gasteiger partial charge on any atom is -0.468 e. The van der Waals surface area contributed by atoms with E-state index in [9.17, 15) is 14.4 Å². The van der Waals surface area contributed by atoms with Crippen LogP contribution in [-0.2, 0) is 23.0 Å². The Labute approximate surface area is 147 Å². The van der Waals surface area contributed by atoms with Crippen molar-refractivity contribution in [2.45, 2.75) is 12.5 Å². The van der Waals surface area contributed by atoms with Gasteiger partial charge >= 0.3 is 11.7 Å². The molecule has 0 saturated carbocycles. The van der Waals surface area contributed by atoms with E-state index in [1.807, 2.05) is 0 Å². The van der Waals surface area contributed by atoms with Gasteiger partial charge in [-0.3, -0.25) is 19.1 Å². The van der Waals surface area contributed by atoms with Gasteiger partial charge in [-0.2, -0.15) is 0 Å². The molecule has 0 spiro atoms. The molecule has 0 saturated heterocycles. The zero-order valence-electron chi connectivity index (χ0n) is 14.2. The van der Waals surface area contributed by atoms with Crippen LogP contribution in [0.1, 0.15) is 5.69 Å². The molecular weight excluding hydrogens is 338 g/mol. The summed E-state index contributed by atoms with van der Waals surface area (Å²) in [6.07, 6.45) is 3.06. The molecule has 3 heterocycles. The number of hydrogen-bond acceptors (Lipinski definition) is 7. The molecule has 3 aromatic rings. The van der Waals surface area contributed by atoms with Crippen LogP contribution in [0.5, 0.6) is 0 Å². The smallest absolute Gasteiger partial charge is 0.336 e. The molecule has 1 atom stereocenters. The Balaban J connectivity index is 2.04. The van der Waals surface area contributed by atoms with Crippen molar-refractivity contribution in [3.63, 3.8) is 0 Å². The van der Waals surface area contributed by atoms with E-state index in [0.29, 0.717) is 16.9 Å². The number of carbonyl (C=O) groups excluding carboxylic acids is 1. The first kappa shape index (κ1) is 17.5. The Bertz CT molecular complexity index is 1080. The van der Waals surface area contributed by atoms with Gasteiger partial charge in [0.1, 0.15) is 6.04 Å². The highest BCUT2D eigenvalue weighted by atomic mass is 16.5. The van der Waals surface area contributed by atoms with Gasteiger partial charge in [0.05, 0.1) is 24.5 Å². The van der Waals surface area contributed by atoms with Crippen LogP contribution in [0.15, 0.2) is 46.2 Å². The standard InChI is InChI=1S/C17H17N5O4/c1-21-13-4-3-7-19-14(13)15(23)22(17(21)25)11-6-5-10(20-9-11)8-12(18)16(24)26-2/h3-7,9,12H,8,18H2,1-2H3/t12-/m0/s1. The summed E-state index contributed by atoms with van der Waals surface area (Å²) in [5, 5.41) is 0. The van der Waals surface area contributed by atoms with Crippen molar-refractivity contribution in [3.8, 4) is 5.69 Å². The fourth-order valence-electron chi connectivity index (χ4n) is 2.64. The fourth-order valence-corrected chi connectivity index (χ4v) is 2.64. The lowest BCUT2D eigenvalue weighted by Gasteiger charge is -2.11. The van der Waals surface area contributed by atoms with Crippen LogP contribution in [0.4, 0.5) is 0 Å². The van der Waals surface area contributed by atoms with Crippen molar-refractivity contribution >= 4 is 17.0 Å². The largest absolute Gasteiger partial charge is 0.468 e. The molecule has 0 amide bonds. The van der Waals surface area contributed by atoms with Gasteiger partial charge in [-0.1, -0.05) is 0 Å².